The molecule has 34 heavy (non-hydrogen) atoms. The third-order valence-corrected chi connectivity index (χ3v) is 8.25. The molecule has 9 nitrogen and oxygen atoms in total. The molecule has 2 aromatic rings. The Hall–Kier alpha value is -2.82. The number of nitrogens with zero attached hydrogens (tertiary/aromatic N) is 3. The maximum Gasteiger partial charge on any atom is 0.243 e. The summed E-state index contributed by atoms with van der Waals surface area (Å²) in [5.74, 6) is 0.439. The number of anilines is 2. The quantitative estimate of drug-likeness (QED) is 0.617. The Kier molecular flexibility index (Phi) is 7.60. The number of sulfonamides is 1. The summed E-state index contributed by atoms with van der Waals surface area (Å²) in [5.41, 5.74) is 1.40. The Morgan fingerprint density at radius 2 is 1.65 bits per heavy atom. The molecule has 2 heterocycles. The van der Waals surface area contributed by atoms with Crippen LogP contribution >= 0.6 is 0 Å². The Bertz CT molecular complexity index is 1090. The van der Waals surface area contributed by atoms with Gasteiger partial charge in [0.2, 0.25) is 15.9 Å². The lowest BCUT2D eigenvalue weighted by molar-refractivity contribution is -0.117. The molecule has 2 aliphatic rings. The van der Waals surface area contributed by atoms with Crippen molar-refractivity contribution < 1.29 is 23.1 Å². The highest BCUT2D eigenvalue weighted by molar-refractivity contribution is 7.89. The van der Waals surface area contributed by atoms with Crippen LogP contribution in [0.4, 0.5) is 11.4 Å². The minimum Gasteiger partial charge on any atom is -0.508 e. The minimum absolute atomic E-state index is 0.160. The minimum atomic E-state index is -3.61. The van der Waals surface area contributed by atoms with Crippen molar-refractivity contribution in [3.63, 3.8) is 0 Å². The molecule has 0 spiro atoms. The van der Waals surface area contributed by atoms with E-state index in [2.05, 4.69) is 15.1 Å². The van der Waals surface area contributed by atoms with Gasteiger partial charge in [-0.3, -0.25) is 9.69 Å². The van der Waals surface area contributed by atoms with Gasteiger partial charge in [-0.25, -0.2) is 8.42 Å². The number of hydrogen-bond donors (Lipinski definition) is 2. The number of piperidine rings is 1. The molecule has 2 saturated heterocycles. The van der Waals surface area contributed by atoms with Crippen LogP contribution in [-0.4, -0.2) is 81.6 Å². The van der Waals surface area contributed by atoms with Crippen molar-refractivity contribution >= 4 is 27.3 Å². The molecule has 1 amide bonds. The van der Waals surface area contributed by atoms with Gasteiger partial charge in [-0.1, -0.05) is 6.42 Å². The van der Waals surface area contributed by atoms with Gasteiger partial charge in [-0.2, -0.15) is 4.31 Å². The number of phenols is 1. The second kappa shape index (κ2) is 10.6. The van der Waals surface area contributed by atoms with Gasteiger partial charge in [0.15, 0.2) is 0 Å². The zero-order valence-electron chi connectivity index (χ0n) is 19.4. The van der Waals surface area contributed by atoms with Gasteiger partial charge in [0, 0.05) is 45.0 Å². The van der Waals surface area contributed by atoms with Gasteiger partial charge in [0.05, 0.1) is 24.2 Å². The molecule has 0 aliphatic carbocycles. The summed E-state index contributed by atoms with van der Waals surface area (Å²) >= 11 is 0. The number of methoxy groups -OCH3 is 1. The Morgan fingerprint density at radius 1 is 0.971 bits per heavy atom. The molecule has 0 atom stereocenters. The second-order valence-electron chi connectivity index (χ2n) is 8.65. The maximum absolute atomic E-state index is 13.1. The van der Waals surface area contributed by atoms with Crippen LogP contribution in [-0.2, 0) is 14.8 Å². The molecular weight excluding hydrogens is 456 g/mol. The predicted octanol–water partition coefficient (Wildman–Crippen LogP) is 2.34. The van der Waals surface area contributed by atoms with Gasteiger partial charge in [0.25, 0.3) is 0 Å². The SMILES string of the molecule is COc1ccc(S(=O)(=O)N2CCCCC2)cc1NC(=O)CN1CCN(c2ccc(O)cc2)CC1. The van der Waals surface area contributed by atoms with Crippen LogP contribution in [0.5, 0.6) is 11.5 Å². The van der Waals surface area contributed by atoms with Crippen molar-refractivity contribution in [3.8, 4) is 11.5 Å². The summed E-state index contributed by atoms with van der Waals surface area (Å²) in [5, 5.41) is 12.3. The van der Waals surface area contributed by atoms with Crippen LogP contribution < -0.4 is 15.0 Å². The first kappa shape index (κ1) is 24.3. The number of nitrogens with one attached hydrogen (secondary N) is 1. The maximum atomic E-state index is 13.1. The number of piperazine rings is 1. The normalized spacial score (nSPS) is 18.0. The first-order chi connectivity index (χ1) is 16.4. The molecule has 0 bridgehead atoms. The van der Waals surface area contributed by atoms with Gasteiger partial charge in [-0.15, -0.1) is 0 Å². The molecule has 184 valence electrons. The standard InChI is InChI=1S/C24H32N4O5S/c1-33-23-10-9-21(34(31,32)28-11-3-2-4-12-28)17-22(23)25-24(30)18-26-13-15-27(16-14-26)19-5-7-20(29)8-6-19/h5-10,17,29H,2-4,11-16,18H2,1H3,(H,25,30). The molecule has 10 heteroatoms. The highest BCUT2D eigenvalue weighted by Gasteiger charge is 2.27. The first-order valence-corrected chi connectivity index (χ1v) is 13.1. The third-order valence-electron chi connectivity index (χ3n) is 6.35. The molecule has 0 aromatic heterocycles. The number of phenolic OH excluding ortho intramolecular Hbond substituents is 1. The lowest BCUT2D eigenvalue weighted by Crippen LogP contribution is -2.48. The van der Waals surface area contributed by atoms with E-state index in [-0.39, 0.29) is 23.1 Å². The molecule has 2 N–H and O–H groups in total. The number of amides is 1. The fraction of sp³-hybridized carbons (Fsp3) is 0.458. The van der Waals surface area contributed by atoms with Gasteiger partial charge >= 0.3 is 0 Å². The Morgan fingerprint density at radius 3 is 2.29 bits per heavy atom. The number of hydrogen-bond acceptors (Lipinski definition) is 7. The van der Waals surface area contributed by atoms with Crippen molar-refractivity contribution in [2.75, 3.05) is 63.1 Å². The fourth-order valence-electron chi connectivity index (χ4n) is 4.42. The van der Waals surface area contributed by atoms with Crippen LogP contribution in [0, 0.1) is 0 Å². The van der Waals surface area contributed by atoms with Gasteiger partial charge < -0.3 is 20.1 Å². The largest absolute Gasteiger partial charge is 0.508 e. The number of carbonyl (C=O) groups excluding carboxylic acids is 1. The van der Waals surface area contributed by atoms with Crippen LogP contribution in [0.2, 0.25) is 0 Å². The second-order valence-corrected chi connectivity index (χ2v) is 10.6. The van der Waals surface area contributed by atoms with E-state index in [9.17, 15) is 18.3 Å². The van der Waals surface area contributed by atoms with E-state index in [1.54, 1.807) is 18.2 Å². The Balaban J connectivity index is 1.38. The average Bonchev–Trinajstić information content (AvgIpc) is 2.85. The molecule has 0 radical (unpaired) electrons. The van der Waals surface area contributed by atoms with Gasteiger partial charge in [-0.05, 0) is 55.3 Å². The van der Waals surface area contributed by atoms with Crippen LogP contribution in [0.3, 0.4) is 0 Å². The van der Waals surface area contributed by atoms with Crippen molar-refractivity contribution in [1.82, 2.24) is 9.21 Å². The smallest absolute Gasteiger partial charge is 0.243 e. The zero-order chi connectivity index (χ0) is 24.1. The van der Waals surface area contributed by atoms with Crippen LogP contribution in [0.25, 0.3) is 0 Å². The van der Waals surface area contributed by atoms with E-state index in [0.717, 1.165) is 51.1 Å². The summed E-state index contributed by atoms with van der Waals surface area (Å²) in [7, 11) is -2.12. The molecular formula is C24H32N4O5S. The lowest BCUT2D eigenvalue weighted by Gasteiger charge is -2.35. The van der Waals surface area contributed by atoms with E-state index in [4.69, 9.17) is 4.74 Å². The number of carbonyl (C=O) groups is 1. The Labute approximate surface area is 201 Å². The molecule has 2 aliphatic heterocycles. The van der Waals surface area contributed by atoms with Crippen LogP contribution in [0.15, 0.2) is 47.4 Å². The number of aromatic hydroxyl groups is 1. The summed E-state index contributed by atoms with van der Waals surface area (Å²) in [6.07, 6.45) is 2.76. The number of rotatable bonds is 7. The highest BCUT2D eigenvalue weighted by Crippen LogP contribution is 2.30. The molecule has 0 unspecified atom stereocenters. The van der Waals surface area contributed by atoms with Crippen molar-refractivity contribution in [2.45, 2.75) is 24.2 Å². The topological polar surface area (TPSA) is 102 Å². The van der Waals surface area contributed by atoms with Crippen molar-refractivity contribution in [3.05, 3.63) is 42.5 Å². The van der Waals surface area contributed by atoms with E-state index in [1.807, 2.05) is 12.1 Å². The molecule has 2 fully saturated rings. The molecule has 2 aromatic carbocycles. The molecule has 4 rings (SSSR count). The van der Waals surface area contributed by atoms with E-state index >= 15 is 0 Å². The summed E-state index contributed by atoms with van der Waals surface area (Å²) in [6, 6.07) is 11.7. The monoisotopic (exact) mass is 488 g/mol. The van der Waals surface area contributed by atoms with E-state index in [0.29, 0.717) is 24.5 Å². The highest BCUT2D eigenvalue weighted by atomic mass is 32.2. The summed E-state index contributed by atoms with van der Waals surface area (Å²) in [6.45, 7) is 4.22. The van der Waals surface area contributed by atoms with Crippen molar-refractivity contribution in [2.24, 2.45) is 0 Å². The first-order valence-electron chi connectivity index (χ1n) is 11.6. The molecule has 0 saturated carbocycles. The van der Waals surface area contributed by atoms with E-state index < -0.39 is 10.0 Å². The summed E-state index contributed by atoms with van der Waals surface area (Å²) in [4.78, 5) is 17.2. The van der Waals surface area contributed by atoms with Gasteiger partial charge in [0.1, 0.15) is 11.5 Å². The van der Waals surface area contributed by atoms with Crippen molar-refractivity contribution in [1.29, 1.82) is 0 Å². The van der Waals surface area contributed by atoms with Crippen LogP contribution in [0.1, 0.15) is 19.3 Å². The predicted molar refractivity (Wildman–Crippen MR) is 131 cm³/mol. The number of ether oxygens (including phenoxy) is 1. The number of benzene rings is 2. The van der Waals surface area contributed by atoms with E-state index in [1.165, 1.54) is 23.5 Å². The lowest BCUT2D eigenvalue weighted by atomic mass is 10.2. The summed E-state index contributed by atoms with van der Waals surface area (Å²) < 4.78 is 33.0. The average molecular weight is 489 g/mol. The third kappa shape index (κ3) is 5.63. The fourth-order valence-corrected chi connectivity index (χ4v) is 5.96. The zero-order valence-corrected chi connectivity index (χ0v) is 20.3.